The molecule has 0 aromatic rings. The fourth-order valence-electron chi connectivity index (χ4n) is 2.06. The number of halogens is 2. The Morgan fingerprint density at radius 3 is 2.08 bits per heavy atom. The third kappa shape index (κ3) is 2.50. The van der Waals surface area contributed by atoms with E-state index in [1.54, 1.807) is 0 Å². The molecule has 0 N–H and O–H groups in total. The van der Waals surface area contributed by atoms with Crippen molar-refractivity contribution in [3.05, 3.63) is 0 Å². The zero-order chi connectivity index (χ0) is 10.2. The smallest absolute Gasteiger partial charge is 0.295 e. The maximum atomic E-state index is 13.3. The zero-order valence-corrected chi connectivity index (χ0v) is 9.85. The average molecular weight is 207 g/mol. The second-order valence-electron chi connectivity index (χ2n) is 4.64. The van der Waals surface area contributed by atoms with Crippen LogP contribution in [0.1, 0.15) is 27.7 Å². The summed E-state index contributed by atoms with van der Waals surface area (Å²) in [6.45, 7) is 8.09. The molecule has 0 radical (unpaired) electrons. The highest BCUT2D eigenvalue weighted by Gasteiger charge is 2.50. The molecular formula is C9H19F2NSi. The van der Waals surface area contributed by atoms with Gasteiger partial charge < -0.3 is 0 Å². The molecule has 1 saturated heterocycles. The van der Waals surface area contributed by atoms with Crippen molar-refractivity contribution in [2.24, 2.45) is 5.92 Å². The summed E-state index contributed by atoms with van der Waals surface area (Å²) in [6.07, 6.45) is 0.0769. The third-order valence-corrected chi connectivity index (χ3v) is 4.62. The molecule has 13 heavy (non-hydrogen) atoms. The molecule has 0 amide bonds. The summed E-state index contributed by atoms with van der Waals surface area (Å²) in [6, 6.07) is 0.540. The van der Waals surface area contributed by atoms with Gasteiger partial charge in [-0.05, 0) is 19.8 Å². The van der Waals surface area contributed by atoms with Crippen LogP contribution in [0.5, 0.6) is 0 Å². The van der Waals surface area contributed by atoms with E-state index in [0.717, 1.165) is 0 Å². The van der Waals surface area contributed by atoms with Gasteiger partial charge in [-0.15, -0.1) is 0 Å². The van der Waals surface area contributed by atoms with E-state index < -0.39 is 8.74 Å². The lowest BCUT2D eigenvalue weighted by Gasteiger charge is -2.30. The van der Waals surface area contributed by atoms with Crippen LogP contribution in [-0.4, -0.2) is 31.9 Å². The van der Waals surface area contributed by atoms with E-state index in [0.29, 0.717) is 5.92 Å². The number of hydrogen-bond acceptors (Lipinski definition) is 1. The van der Waals surface area contributed by atoms with E-state index in [4.69, 9.17) is 0 Å². The second kappa shape index (κ2) is 3.65. The molecule has 0 bridgehead atoms. The summed E-state index contributed by atoms with van der Waals surface area (Å²) >= 11 is 0. The molecule has 1 heterocycles. The Balaban J connectivity index is 2.71. The summed E-state index contributed by atoms with van der Waals surface area (Å²) in [7, 11) is -3.87. The van der Waals surface area contributed by atoms with Gasteiger partial charge >= 0.3 is 8.74 Å². The van der Waals surface area contributed by atoms with Crippen LogP contribution in [0, 0.1) is 5.92 Å². The molecule has 0 aliphatic carbocycles. The van der Waals surface area contributed by atoms with Crippen molar-refractivity contribution in [1.82, 2.24) is 4.90 Å². The maximum absolute atomic E-state index is 13.3. The van der Waals surface area contributed by atoms with Crippen LogP contribution < -0.4 is 0 Å². The van der Waals surface area contributed by atoms with E-state index in [2.05, 4.69) is 0 Å². The number of nitrogens with zero attached hydrogens (tertiary/aromatic N) is 1. The van der Waals surface area contributed by atoms with Gasteiger partial charge in [0.25, 0.3) is 0 Å². The minimum Gasteiger partial charge on any atom is -0.295 e. The Hall–Kier alpha value is 0.0369. The van der Waals surface area contributed by atoms with Crippen molar-refractivity contribution in [3.63, 3.8) is 0 Å². The summed E-state index contributed by atoms with van der Waals surface area (Å²) in [4.78, 5) is 1.98. The quantitative estimate of drug-likeness (QED) is 0.497. The van der Waals surface area contributed by atoms with Crippen molar-refractivity contribution in [2.45, 2.75) is 45.8 Å². The summed E-state index contributed by atoms with van der Waals surface area (Å²) in [5.74, 6) is 0.350. The van der Waals surface area contributed by atoms with E-state index in [1.165, 1.54) is 0 Å². The Labute approximate surface area is 80.5 Å². The molecule has 1 fully saturated rings. The van der Waals surface area contributed by atoms with Crippen LogP contribution >= 0.6 is 0 Å². The standard InChI is InChI=1S/C9H19F2NSi/c1-7(2)9-5-13(10,11)6-12(9)8(3)4/h7-9H,5-6H2,1-4H3. The Bertz CT molecular complexity index is 164. The van der Waals surface area contributed by atoms with Crippen LogP contribution in [-0.2, 0) is 0 Å². The van der Waals surface area contributed by atoms with Crippen LogP contribution in [0.25, 0.3) is 0 Å². The molecule has 0 spiro atoms. The van der Waals surface area contributed by atoms with Gasteiger partial charge in [-0.3, -0.25) is 13.1 Å². The van der Waals surface area contributed by atoms with Crippen molar-refractivity contribution >= 4 is 8.74 Å². The van der Waals surface area contributed by atoms with Crippen molar-refractivity contribution in [3.8, 4) is 0 Å². The lowest BCUT2D eigenvalue weighted by Crippen LogP contribution is -2.39. The molecule has 0 saturated carbocycles. The third-order valence-electron chi connectivity index (χ3n) is 2.78. The first kappa shape index (κ1) is 11.1. The molecule has 1 aliphatic heterocycles. The van der Waals surface area contributed by atoms with Gasteiger partial charge in [0.05, 0.1) is 6.17 Å². The van der Waals surface area contributed by atoms with Gasteiger partial charge in [0.15, 0.2) is 0 Å². The van der Waals surface area contributed by atoms with Gasteiger partial charge in [0.1, 0.15) is 0 Å². The van der Waals surface area contributed by atoms with E-state index in [1.807, 2.05) is 32.6 Å². The molecular weight excluding hydrogens is 188 g/mol. The first-order valence-electron chi connectivity index (χ1n) is 4.97. The molecule has 0 aromatic carbocycles. The Morgan fingerprint density at radius 2 is 1.77 bits per heavy atom. The van der Waals surface area contributed by atoms with Gasteiger partial charge in [-0.25, -0.2) is 0 Å². The molecule has 1 unspecified atom stereocenters. The van der Waals surface area contributed by atoms with E-state index in [9.17, 15) is 8.22 Å². The zero-order valence-electron chi connectivity index (χ0n) is 8.85. The summed E-state index contributed by atoms with van der Waals surface area (Å²) in [5.41, 5.74) is 0. The van der Waals surface area contributed by atoms with Crippen molar-refractivity contribution in [1.29, 1.82) is 0 Å². The topological polar surface area (TPSA) is 3.24 Å². The first-order chi connectivity index (χ1) is 5.83. The van der Waals surface area contributed by atoms with Gasteiger partial charge in [0, 0.05) is 18.1 Å². The maximum Gasteiger partial charge on any atom is 0.439 e. The highest BCUT2D eigenvalue weighted by atomic mass is 28.4. The molecule has 1 nitrogen and oxygen atoms in total. The van der Waals surface area contributed by atoms with Crippen LogP contribution in [0.15, 0.2) is 0 Å². The fraction of sp³-hybridized carbons (Fsp3) is 1.00. The highest BCUT2D eigenvalue weighted by Crippen LogP contribution is 2.33. The Kier molecular flexibility index (Phi) is 3.12. The van der Waals surface area contributed by atoms with Crippen molar-refractivity contribution in [2.75, 3.05) is 6.17 Å². The SMILES string of the molecule is CC(C)C1C[Si](F)(F)CN1C(C)C. The lowest BCUT2D eigenvalue weighted by molar-refractivity contribution is 0.172. The summed E-state index contributed by atoms with van der Waals surface area (Å²) in [5, 5.41) is 0. The summed E-state index contributed by atoms with van der Waals surface area (Å²) < 4.78 is 26.5. The van der Waals surface area contributed by atoms with Gasteiger partial charge in [-0.1, -0.05) is 13.8 Å². The fourth-order valence-corrected chi connectivity index (χ4v) is 4.64. The minimum absolute atomic E-state index is 0.0769. The van der Waals surface area contributed by atoms with Gasteiger partial charge in [0.2, 0.25) is 0 Å². The largest absolute Gasteiger partial charge is 0.439 e. The molecule has 1 rings (SSSR count). The van der Waals surface area contributed by atoms with Crippen LogP contribution in [0.3, 0.4) is 0 Å². The van der Waals surface area contributed by atoms with Gasteiger partial charge in [-0.2, -0.15) is 0 Å². The van der Waals surface area contributed by atoms with E-state index >= 15 is 0 Å². The predicted octanol–water partition coefficient (Wildman–Crippen LogP) is 2.66. The first-order valence-corrected chi connectivity index (χ1v) is 7.14. The lowest BCUT2D eigenvalue weighted by atomic mass is 10.0. The Morgan fingerprint density at radius 1 is 1.23 bits per heavy atom. The van der Waals surface area contributed by atoms with Crippen molar-refractivity contribution < 1.29 is 8.22 Å². The van der Waals surface area contributed by atoms with Crippen LogP contribution in [0.2, 0.25) is 6.04 Å². The second-order valence-corrected chi connectivity index (χ2v) is 7.07. The average Bonchev–Trinajstić information content (AvgIpc) is 2.26. The molecule has 4 heteroatoms. The number of hydrogen-bond donors (Lipinski definition) is 0. The number of rotatable bonds is 2. The highest BCUT2D eigenvalue weighted by molar-refractivity contribution is 6.67. The van der Waals surface area contributed by atoms with Crippen LogP contribution in [0.4, 0.5) is 8.22 Å². The minimum atomic E-state index is -3.87. The monoisotopic (exact) mass is 207 g/mol. The molecule has 0 aromatic heterocycles. The predicted molar refractivity (Wildman–Crippen MR) is 53.2 cm³/mol. The molecule has 78 valence electrons. The van der Waals surface area contributed by atoms with E-state index in [-0.39, 0.29) is 24.3 Å². The normalized spacial score (nSPS) is 29.1. The molecule has 1 atom stereocenters. The molecule has 1 aliphatic rings.